The van der Waals surface area contributed by atoms with Crippen LogP contribution in [-0.4, -0.2) is 41.3 Å². The van der Waals surface area contributed by atoms with Gasteiger partial charge in [-0.05, 0) is 56.3 Å². The number of hydrogen-bond donors (Lipinski definition) is 2. The second-order valence-electron chi connectivity index (χ2n) is 7.20. The van der Waals surface area contributed by atoms with E-state index in [1.54, 1.807) is 18.2 Å². The molecule has 1 aromatic heterocycles. The monoisotopic (exact) mass is 462 g/mol. The molecule has 0 unspecified atom stereocenters. The number of carbonyl (C=O) groups excluding carboxylic acids is 2. The van der Waals surface area contributed by atoms with Crippen molar-refractivity contribution in [2.75, 3.05) is 30.3 Å². The van der Waals surface area contributed by atoms with Crippen LogP contribution in [0, 0.1) is 5.92 Å². The standard InChI is InChI=1S/C21H20Cl2N4O2S/c22-15-6-5-14(11-16(15)23)24-19(28)12-27-9-7-13(8-10-27)20(29)26-21-25-17-3-1-2-4-18(17)30-21/h1-6,11,13H,7-10,12H2,(H,24,28)(H,25,26,29). The van der Waals surface area contributed by atoms with E-state index in [9.17, 15) is 9.59 Å². The number of likely N-dealkylation sites (tertiary alicyclic amines) is 1. The molecule has 1 aliphatic heterocycles. The molecule has 0 aliphatic carbocycles. The van der Waals surface area contributed by atoms with E-state index in [0.29, 0.717) is 46.8 Å². The molecular formula is C21H20Cl2N4O2S. The average molecular weight is 463 g/mol. The quantitative estimate of drug-likeness (QED) is 0.565. The van der Waals surface area contributed by atoms with E-state index in [2.05, 4.69) is 15.6 Å². The largest absolute Gasteiger partial charge is 0.325 e. The second-order valence-corrected chi connectivity index (χ2v) is 9.05. The number of piperidine rings is 1. The van der Waals surface area contributed by atoms with E-state index < -0.39 is 0 Å². The maximum atomic E-state index is 12.6. The minimum atomic E-state index is -0.120. The van der Waals surface area contributed by atoms with Crippen molar-refractivity contribution in [2.45, 2.75) is 12.8 Å². The highest BCUT2D eigenvalue weighted by molar-refractivity contribution is 7.22. The van der Waals surface area contributed by atoms with Crippen LogP contribution in [0.5, 0.6) is 0 Å². The number of rotatable bonds is 5. The lowest BCUT2D eigenvalue weighted by molar-refractivity contribution is -0.121. The van der Waals surface area contributed by atoms with Gasteiger partial charge in [0.15, 0.2) is 5.13 Å². The summed E-state index contributed by atoms with van der Waals surface area (Å²) in [6.07, 6.45) is 1.41. The number of fused-ring (bicyclic) bond motifs is 1. The zero-order valence-electron chi connectivity index (χ0n) is 16.0. The van der Waals surface area contributed by atoms with Crippen LogP contribution in [0.2, 0.25) is 10.0 Å². The Kier molecular flexibility index (Phi) is 6.53. The number of amides is 2. The fourth-order valence-electron chi connectivity index (χ4n) is 3.46. The van der Waals surface area contributed by atoms with Gasteiger partial charge in [-0.2, -0.15) is 0 Å². The highest BCUT2D eigenvalue weighted by atomic mass is 35.5. The minimum Gasteiger partial charge on any atom is -0.325 e. The molecule has 2 amide bonds. The van der Waals surface area contributed by atoms with Crippen molar-refractivity contribution in [1.82, 2.24) is 9.88 Å². The lowest BCUT2D eigenvalue weighted by Gasteiger charge is -2.30. The fourth-order valence-corrected chi connectivity index (χ4v) is 4.63. The molecule has 0 saturated carbocycles. The third kappa shape index (κ3) is 5.10. The first kappa shape index (κ1) is 21.1. The Hall–Kier alpha value is -2.19. The summed E-state index contributed by atoms with van der Waals surface area (Å²) < 4.78 is 1.05. The van der Waals surface area contributed by atoms with Crippen molar-refractivity contribution in [3.05, 3.63) is 52.5 Å². The molecule has 2 aromatic carbocycles. The van der Waals surface area contributed by atoms with Crippen LogP contribution < -0.4 is 10.6 Å². The van der Waals surface area contributed by atoms with Gasteiger partial charge >= 0.3 is 0 Å². The number of nitrogens with zero attached hydrogens (tertiary/aromatic N) is 2. The van der Waals surface area contributed by atoms with Gasteiger partial charge < -0.3 is 10.6 Å². The second kappa shape index (κ2) is 9.31. The summed E-state index contributed by atoms with van der Waals surface area (Å²) in [6.45, 7) is 1.64. The Labute approximate surface area is 188 Å². The zero-order chi connectivity index (χ0) is 21.1. The molecule has 0 atom stereocenters. The molecule has 0 radical (unpaired) electrons. The summed E-state index contributed by atoms with van der Waals surface area (Å²) in [6, 6.07) is 12.8. The van der Waals surface area contributed by atoms with Gasteiger partial charge in [-0.3, -0.25) is 14.5 Å². The molecule has 4 rings (SSSR count). The van der Waals surface area contributed by atoms with Crippen molar-refractivity contribution < 1.29 is 9.59 Å². The Balaban J connectivity index is 1.25. The van der Waals surface area contributed by atoms with Crippen molar-refractivity contribution in [3.8, 4) is 0 Å². The summed E-state index contributed by atoms with van der Waals surface area (Å²) >= 11 is 13.4. The fraction of sp³-hybridized carbons (Fsp3) is 0.286. The molecule has 6 nitrogen and oxygen atoms in total. The third-order valence-corrected chi connectivity index (χ3v) is 6.74. The Morgan fingerprint density at radius 3 is 2.57 bits per heavy atom. The first-order chi connectivity index (χ1) is 14.5. The van der Waals surface area contributed by atoms with E-state index in [-0.39, 0.29) is 24.3 Å². The lowest BCUT2D eigenvalue weighted by atomic mass is 9.96. The highest BCUT2D eigenvalue weighted by Gasteiger charge is 2.26. The summed E-state index contributed by atoms with van der Waals surface area (Å²) in [7, 11) is 0. The molecule has 1 fully saturated rings. The number of anilines is 2. The number of carbonyl (C=O) groups is 2. The van der Waals surface area contributed by atoms with Gasteiger partial charge in [0.25, 0.3) is 0 Å². The number of benzene rings is 2. The number of para-hydroxylation sites is 1. The van der Waals surface area contributed by atoms with Crippen LogP contribution >= 0.6 is 34.5 Å². The number of aromatic nitrogens is 1. The van der Waals surface area contributed by atoms with Crippen molar-refractivity contribution in [2.24, 2.45) is 5.92 Å². The number of thiazole rings is 1. The summed E-state index contributed by atoms with van der Waals surface area (Å²) in [5, 5.41) is 7.25. The van der Waals surface area contributed by atoms with Gasteiger partial charge in [0.05, 0.1) is 26.8 Å². The van der Waals surface area contributed by atoms with Crippen LogP contribution in [0.1, 0.15) is 12.8 Å². The van der Waals surface area contributed by atoms with Gasteiger partial charge in [0.1, 0.15) is 0 Å². The van der Waals surface area contributed by atoms with Crippen molar-refractivity contribution in [1.29, 1.82) is 0 Å². The highest BCUT2D eigenvalue weighted by Crippen LogP contribution is 2.27. The van der Waals surface area contributed by atoms with Crippen LogP contribution in [-0.2, 0) is 9.59 Å². The molecule has 2 heterocycles. The van der Waals surface area contributed by atoms with Gasteiger partial charge in [-0.1, -0.05) is 46.7 Å². The molecule has 1 aliphatic rings. The zero-order valence-corrected chi connectivity index (χ0v) is 18.4. The van der Waals surface area contributed by atoms with E-state index in [0.717, 1.165) is 10.2 Å². The predicted octanol–water partition coefficient (Wildman–Crippen LogP) is 4.89. The third-order valence-electron chi connectivity index (χ3n) is 5.05. The summed E-state index contributed by atoms with van der Waals surface area (Å²) in [5.41, 5.74) is 1.50. The number of halogens is 2. The molecule has 2 N–H and O–H groups in total. The molecular weight excluding hydrogens is 443 g/mol. The van der Waals surface area contributed by atoms with Crippen LogP contribution in [0.3, 0.4) is 0 Å². The van der Waals surface area contributed by atoms with Gasteiger partial charge in [-0.25, -0.2) is 4.98 Å². The normalized spacial score (nSPS) is 15.3. The van der Waals surface area contributed by atoms with Crippen molar-refractivity contribution in [3.63, 3.8) is 0 Å². The Bertz CT molecular complexity index is 1050. The van der Waals surface area contributed by atoms with E-state index in [4.69, 9.17) is 23.2 Å². The number of hydrogen-bond acceptors (Lipinski definition) is 5. The Morgan fingerprint density at radius 2 is 1.83 bits per heavy atom. The van der Waals surface area contributed by atoms with Gasteiger partial charge in [-0.15, -0.1) is 0 Å². The first-order valence-corrected chi connectivity index (χ1v) is 11.2. The molecule has 30 heavy (non-hydrogen) atoms. The Morgan fingerprint density at radius 1 is 1.07 bits per heavy atom. The molecule has 0 spiro atoms. The van der Waals surface area contributed by atoms with E-state index >= 15 is 0 Å². The number of nitrogens with one attached hydrogen (secondary N) is 2. The SMILES string of the molecule is O=C(CN1CCC(C(=O)Nc2nc3ccccc3s2)CC1)Nc1ccc(Cl)c(Cl)c1. The average Bonchev–Trinajstić information content (AvgIpc) is 3.13. The van der Waals surface area contributed by atoms with Crippen molar-refractivity contribution >= 4 is 67.4 Å². The predicted molar refractivity (Wildman–Crippen MR) is 123 cm³/mol. The van der Waals surface area contributed by atoms with Crippen LogP contribution in [0.25, 0.3) is 10.2 Å². The maximum Gasteiger partial charge on any atom is 0.238 e. The van der Waals surface area contributed by atoms with E-state index in [1.165, 1.54) is 11.3 Å². The molecule has 0 bridgehead atoms. The van der Waals surface area contributed by atoms with Crippen LogP contribution in [0.4, 0.5) is 10.8 Å². The molecule has 1 saturated heterocycles. The topological polar surface area (TPSA) is 74.3 Å². The first-order valence-electron chi connectivity index (χ1n) is 9.61. The summed E-state index contributed by atoms with van der Waals surface area (Å²) in [5.74, 6) is -0.203. The molecule has 3 aromatic rings. The van der Waals surface area contributed by atoms with Gasteiger partial charge in [0.2, 0.25) is 11.8 Å². The van der Waals surface area contributed by atoms with E-state index in [1.807, 2.05) is 29.2 Å². The summed E-state index contributed by atoms with van der Waals surface area (Å²) in [4.78, 5) is 31.4. The van der Waals surface area contributed by atoms with Crippen LogP contribution in [0.15, 0.2) is 42.5 Å². The molecule has 156 valence electrons. The molecule has 9 heteroatoms. The maximum absolute atomic E-state index is 12.6. The van der Waals surface area contributed by atoms with Gasteiger partial charge in [0, 0.05) is 11.6 Å². The lowest BCUT2D eigenvalue weighted by Crippen LogP contribution is -2.41. The smallest absolute Gasteiger partial charge is 0.238 e. The minimum absolute atomic E-state index is 0.00559.